The highest BCUT2D eigenvalue weighted by Gasteiger charge is 2.32. The number of benzene rings is 2. The zero-order valence-corrected chi connectivity index (χ0v) is 16.4. The van der Waals surface area contributed by atoms with Crippen LogP contribution in [0.25, 0.3) is 22.0 Å². The van der Waals surface area contributed by atoms with E-state index in [9.17, 15) is 9.59 Å². The Morgan fingerprint density at radius 2 is 1.52 bits per heavy atom. The largest absolute Gasteiger partial charge is 0.361 e. The van der Waals surface area contributed by atoms with E-state index in [2.05, 4.69) is 29.2 Å². The molecule has 0 bridgehead atoms. The quantitative estimate of drug-likeness (QED) is 0.741. The minimum absolute atomic E-state index is 0.0483. The van der Waals surface area contributed by atoms with E-state index in [0.29, 0.717) is 31.7 Å². The number of carbonyl (C=O) groups is 2. The Morgan fingerprint density at radius 3 is 2.21 bits per heavy atom. The number of H-pyrrole nitrogens is 1. The Morgan fingerprint density at radius 1 is 0.828 bits per heavy atom. The fraction of sp³-hybridized carbons (Fsp3) is 0.333. The summed E-state index contributed by atoms with van der Waals surface area (Å²) in [5, 5.41) is 1.19. The zero-order chi connectivity index (χ0) is 19.8. The monoisotopic (exact) mass is 387 g/mol. The maximum absolute atomic E-state index is 12.9. The summed E-state index contributed by atoms with van der Waals surface area (Å²) in [6.07, 6.45) is 5.17. The van der Waals surface area contributed by atoms with Crippen molar-refractivity contribution in [2.45, 2.75) is 19.3 Å². The number of aromatic amines is 1. The zero-order valence-electron chi connectivity index (χ0n) is 16.4. The predicted octanol–water partition coefficient (Wildman–Crippen LogP) is 3.92. The molecule has 0 unspecified atom stereocenters. The van der Waals surface area contributed by atoms with Crippen LogP contribution in [-0.4, -0.2) is 52.8 Å². The molecule has 5 heteroatoms. The summed E-state index contributed by atoms with van der Waals surface area (Å²) < 4.78 is 0. The molecule has 29 heavy (non-hydrogen) atoms. The first kappa shape index (κ1) is 18.0. The molecule has 2 heterocycles. The molecule has 0 atom stereocenters. The van der Waals surface area contributed by atoms with Crippen LogP contribution >= 0.6 is 0 Å². The van der Waals surface area contributed by atoms with E-state index in [0.717, 1.165) is 29.5 Å². The van der Waals surface area contributed by atoms with E-state index in [1.807, 2.05) is 40.3 Å². The molecule has 5 rings (SSSR count). The minimum Gasteiger partial charge on any atom is -0.361 e. The van der Waals surface area contributed by atoms with Crippen molar-refractivity contribution in [2.75, 3.05) is 26.2 Å². The number of rotatable bonds is 3. The maximum Gasteiger partial charge on any atom is 0.253 e. The van der Waals surface area contributed by atoms with Crippen molar-refractivity contribution < 1.29 is 9.59 Å². The second kappa shape index (κ2) is 7.39. The fourth-order valence-corrected chi connectivity index (χ4v) is 4.26. The van der Waals surface area contributed by atoms with E-state index in [1.54, 1.807) is 0 Å². The van der Waals surface area contributed by atoms with Gasteiger partial charge in [-0.1, -0.05) is 30.7 Å². The number of amides is 2. The van der Waals surface area contributed by atoms with Crippen molar-refractivity contribution in [1.29, 1.82) is 0 Å². The van der Waals surface area contributed by atoms with Crippen LogP contribution in [0.4, 0.5) is 0 Å². The molecule has 1 saturated heterocycles. The first-order valence-corrected chi connectivity index (χ1v) is 10.4. The number of piperazine rings is 1. The molecule has 1 aliphatic carbocycles. The molecule has 2 fully saturated rings. The second-order valence-electron chi connectivity index (χ2n) is 8.10. The predicted molar refractivity (Wildman–Crippen MR) is 114 cm³/mol. The fourth-order valence-electron chi connectivity index (χ4n) is 4.26. The van der Waals surface area contributed by atoms with E-state index < -0.39 is 0 Å². The normalized spacial score (nSPS) is 17.4. The third-order valence-electron chi connectivity index (χ3n) is 6.35. The highest BCUT2D eigenvalue weighted by Crippen LogP contribution is 2.29. The highest BCUT2D eigenvalue weighted by molar-refractivity contribution is 5.95. The Kier molecular flexibility index (Phi) is 4.58. The SMILES string of the molecule is O=C(c1ccc(-c2ccc3cc[nH]c3c2)cc1)N1CCN(C(=O)C2CCC2)CC1. The maximum atomic E-state index is 12.9. The lowest BCUT2D eigenvalue weighted by atomic mass is 9.84. The van der Waals surface area contributed by atoms with Crippen LogP contribution in [0.1, 0.15) is 29.6 Å². The summed E-state index contributed by atoms with van der Waals surface area (Å²) in [7, 11) is 0. The van der Waals surface area contributed by atoms with Crippen LogP contribution < -0.4 is 0 Å². The van der Waals surface area contributed by atoms with Crippen molar-refractivity contribution in [3.63, 3.8) is 0 Å². The van der Waals surface area contributed by atoms with Crippen LogP contribution in [0.2, 0.25) is 0 Å². The number of aromatic nitrogens is 1. The van der Waals surface area contributed by atoms with Gasteiger partial charge in [0.05, 0.1) is 0 Å². The van der Waals surface area contributed by atoms with Gasteiger partial charge in [-0.15, -0.1) is 0 Å². The highest BCUT2D eigenvalue weighted by atomic mass is 16.2. The summed E-state index contributed by atoms with van der Waals surface area (Å²) in [5.41, 5.74) is 4.03. The van der Waals surface area contributed by atoms with Gasteiger partial charge in [-0.25, -0.2) is 0 Å². The number of nitrogens with one attached hydrogen (secondary N) is 1. The van der Waals surface area contributed by atoms with Gasteiger partial charge in [-0.3, -0.25) is 9.59 Å². The molecule has 3 aromatic rings. The van der Waals surface area contributed by atoms with Gasteiger partial charge in [-0.2, -0.15) is 0 Å². The minimum atomic E-state index is 0.0483. The third kappa shape index (κ3) is 3.41. The Labute approximate surface area is 170 Å². The lowest BCUT2D eigenvalue weighted by Gasteiger charge is -2.38. The Bertz CT molecular complexity index is 1040. The van der Waals surface area contributed by atoms with Gasteiger partial charge in [0.25, 0.3) is 5.91 Å². The molecular formula is C24H25N3O2. The molecule has 148 valence electrons. The van der Waals surface area contributed by atoms with Gasteiger partial charge < -0.3 is 14.8 Å². The number of fused-ring (bicyclic) bond motifs is 1. The molecule has 1 N–H and O–H groups in total. The second-order valence-corrected chi connectivity index (χ2v) is 8.10. The van der Waals surface area contributed by atoms with Crippen molar-refractivity contribution in [1.82, 2.24) is 14.8 Å². The summed E-state index contributed by atoms with van der Waals surface area (Å²) in [6.45, 7) is 2.52. The molecule has 2 aromatic carbocycles. The molecule has 1 aliphatic heterocycles. The number of hydrogen-bond acceptors (Lipinski definition) is 2. The van der Waals surface area contributed by atoms with Crippen LogP contribution in [0, 0.1) is 5.92 Å². The van der Waals surface area contributed by atoms with Crippen molar-refractivity contribution in [3.05, 3.63) is 60.3 Å². The first-order valence-electron chi connectivity index (χ1n) is 10.4. The van der Waals surface area contributed by atoms with E-state index in [-0.39, 0.29) is 17.7 Å². The molecule has 0 radical (unpaired) electrons. The van der Waals surface area contributed by atoms with Crippen LogP contribution in [0.5, 0.6) is 0 Å². The van der Waals surface area contributed by atoms with E-state index in [1.165, 1.54) is 11.8 Å². The summed E-state index contributed by atoms with van der Waals surface area (Å²) in [6, 6.07) is 16.2. The lowest BCUT2D eigenvalue weighted by Crippen LogP contribution is -2.52. The number of nitrogens with zero attached hydrogens (tertiary/aromatic N) is 2. The number of carbonyl (C=O) groups excluding carboxylic acids is 2. The van der Waals surface area contributed by atoms with Gasteiger partial charge in [0.15, 0.2) is 0 Å². The summed E-state index contributed by atoms with van der Waals surface area (Å²) >= 11 is 0. The van der Waals surface area contributed by atoms with Crippen molar-refractivity contribution in [2.24, 2.45) is 5.92 Å². The van der Waals surface area contributed by atoms with Crippen molar-refractivity contribution in [3.8, 4) is 11.1 Å². The third-order valence-corrected chi connectivity index (χ3v) is 6.35. The molecule has 2 amide bonds. The standard InChI is InChI=1S/C24H25N3O2/c28-23(19-2-1-3-19)26-12-14-27(15-13-26)24(29)20-7-4-17(5-8-20)21-9-6-18-10-11-25-22(18)16-21/h4-11,16,19,25H,1-3,12-15H2. The summed E-state index contributed by atoms with van der Waals surface area (Å²) in [4.78, 5) is 32.3. The molecule has 1 aromatic heterocycles. The van der Waals surface area contributed by atoms with Crippen LogP contribution in [-0.2, 0) is 4.79 Å². The number of hydrogen-bond donors (Lipinski definition) is 1. The molecule has 0 spiro atoms. The molecule has 5 nitrogen and oxygen atoms in total. The van der Waals surface area contributed by atoms with Gasteiger partial charge >= 0.3 is 0 Å². The van der Waals surface area contributed by atoms with Crippen LogP contribution in [0.15, 0.2) is 54.7 Å². The van der Waals surface area contributed by atoms with E-state index in [4.69, 9.17) is 0 Å². The van der Waals surface area contributed by atoms with Gasteiger partial charge in [0.1, 0.15) is 0 Å². The lowest BCUT2D eigenvalue weighted by molar-refractivity contribution is -0.139. The molecule has 2 aliphatic rings. The van der Waals surface area contributed by atoms with Gasteiger partial charge in [-0.05, 0) is 53.6 Å². The smallest absolute Gasteiger partial charge is 0.253 e. The van der Waals surface area contributed by atoms with Gasteiger partial charge in [0, 0.05) is 49.4 Å². The average molecular weight is 387 g/mol. The molecular weight excluding hydrogens is 362 g/mol. The summed E-state index contributed by atoms with van der Waals surface area (Å²) in [5.74, 6) is 0.564. The Balaban J connectivity index is 1.24. The van der Waals surface area contributed by atoms with Crippen LogP contribution in [0.3, 0.4) is 0 Å². The first-order chi connectivity index (χ1) is 14.2. The van der Waals surface area contributed by atoms with E-state index >= 15 is 0 Å². The average Bonchev–Trinajstić information content (AvgIpc) is 3.20. The van der Waals surface area contributed by atoms with Crippen molar-refractivity contribution >= 4 is 22.7 Å². The van der Waals surface area contributed by atoms with Gasteiger partial charge in [0.2, 0.25) is 5.91 Å². The molecule has 1 saturated carbocycles. The topological polar surface area (TPSA) is 56.4 Å². The Hall–Kier alpha value is -3.08.